The molecular formula is H9ClLi2MgO4Si. The van der Waals surface area contributed by atoms with Crippen molar-refractivity contribution in [2.45, 2.75) is 0 Å². The molecule has 0 radical (unpaired) electrons. The molecule has 0 spiro atoms. The van der Waals surface area contributed by atoms with Crippen LogP contribution in [0.15, 0.2) is 0 Å². The fourth-order valence-corrected chi connectivity index (χ4v) is 0. The Morgan fingerprint density at radius 3 is 0.778 bits per heavy atom. The quantitative estimate of drug-likeness (QED) is 0.280. The first-order valence-corrected chi connectivity index (χ1v) is 2.68. The zero-order valence-electron chi connectivity index (χ0n) is 2.70. The van der Waals surface area contributed by atoms with Gasteiger partial charge in [-0.2, -0.15) is 0 Å². The summed E-state index contributed by atoms with van der Waals surface area (Å²) in [4.78, 5) is 29.3. The van der Waals surface area contributed by atoms with Crippen LogP contribution in [0.1, 0.15) is 0 Å². The van der Waals surface area contributed by atoms with E-state index < -0.39 is 9.05 Å². The number of hydrogen-bond acceptors (Lipinski definition) is 4. The minimum absolute atomic E-state index is 0. The Kier molecular flexibility index (Phi) is 43.4. The van der Waals surface area contributed by atoms with Gasteiger partial charge >= 0.3 is 69.8 Å². The van der Waals surface area contributed by atoms with Gasteiger partial charge in [0.2, 0.25) is 0 Å². The van der Waals surface area contributed by atoms with Crippen molar-refractivity contribution in [3.8, 4) is 0 Å². The van der Waals surface area contributed by atoms with Gasteiger partial charge in [-0.15, -0.1) is 12.4 Å². The molecule has 0 unspecified atom stereocenters. The Bertz CT molecular complexity index is 34.0. The standard InChI is InChI=1S/ClH.2Li.Mg.H4O4Si.4H/c;;;;1-5(2,3)4;;;;/h1H;;;;1-4H;;;;. The molecule has 0 heterocycles. The van der Waals surface area contributed by atoms with E-state index in [1.54, 1.807) is 0 Å². The molecule has 0 aliphatic heterocycles. The molecule has 0 saturated carbocycles. The molecule has 0 aliphatic carbocycles. The van der Waals surface area contributed by atoms with E-state index >= 15 is 0 Å². The average Bonchev–Trinajstić information content (AvgIpc) is 0.722. The van der Waals surface area contributed by atoms with Crippen LogP contribution in [-0.4, -0.2) is 89.0 Å². The van der Waals surface area contributed by atoms with Crippen LogP contribution < -0.4 is 0 Å². The zero-order valence-corrected chi connectivity index (χ0v) is 4.51. The van der Waals surface area contributed by atoms with E-state index in [0.717, 1.165) is 0 Å². The molecule has 0 fully saturated rings. The van der Waals surface area contributed by atoms with Crippen LogP contribution in [0.5, 0.6) is 0 Å². The predicted octanol–water partition coefficient (Wildman–Crippen LogP) is -4.40. The molecule has 0 saturated heterocycles. The number of rotatable bonds is 0. The minimum Gasteiger partial charge on any atom is 0.316 e. The van der Waals surface area contributed by atoms with E-state index in [1.165, 1.54) is 0 Å². The third-order valence-electron chi connectivity index (χ3n) is 0. The van der Waals surface area contributed by atoms with Crippen molar-refractivity contribution >= 4 is 82.2 Å². The van der Waals surface area contributed by atoms with Crippen LogP contribution in [0.25, 0.3) is 0 Å². The van der Waals surface area contributed by atoms with Gasteiger partial charge in [-0.1, -0.05) is 0 Å². The summed E-state index contributed by atoms with van der Waals surface area (Å²) in [5, 5.41) is 0. The third-order valence-corrected chi connectivity index (χ3v) is 0. The van der Waals surface area contributed by atoms with Crippen LogP contribution >= 0.6 is 12.4 Å². The summed E-state index contributed by atoms with van der Waals surface area (Å²) in [7, 11) is -4.61. The second-order valence-corrected chi connectivity index (χ2v) is 1.80. The fourth-order valence-electron chi connectivity index (χ4n) is 0. The smallest absolute Gasteiger partial charge is 0.316 e. The van der Waals surface area contributed by atoms with Gasteiger partial charge in [0.15, 0.2) is 0 Å². The fraction of sp³-hybridized carbons (Fsp3) is 0. The van der Waals surface area contributed by atoms with Gasteiger partial charge in [0.25, 0.3) is 0 Å². The summed E-state index contributed by atoms with van der Waals surface area (Å²) in [6, 6.07) is 0. The largest absolute Gasteiger partial charge is 0.316 e. The maximum absolute atomic E-state index is 7.33. The molecule has 4 nitrogen and oxygen atoms in total. The topological polar surface area (TPSA) is 80.9 Å². The van der Waals surface area contributed by atoms with Crippen molar-refractivity contribution in [2.24, 2.45) is 0 Å². The Balaban J connectivity index is -0.0000000133. The van der Waals surface area contributed by atoms with Crippen molar-refractivity contribution < 1.29 is 19.2 Å². The number of hydrogen-bond donors (Lipinski definition) is 4. The van der Waals surface area contributed by atoms with Gasteiger partial charge < -0.3 is 19.2 Å². The number of halogens is 1. The molecule has 4 N–H and O–H groups in total. The first-order chi connectivity index (χ1) is 2.00. The molecule has 0 aromatic heterocycles. The molecule has 0 bridgehead atoms. The molecule has 48 valence electrons. The van der Waals surface area contributed by atoms with Crippen molar-refractivity contribution in [1.82, 2.24) is 0 Å². The van der Waals surface area contributed by atoms with Crippen molar-refractivity contribution in [1.29, 1.82) is 0 Å². The second kappa shape index (κ2) is 12.9. The summed E-state index contributed by atoms with van der Waals surface area (Å²) >= 11 is 0. The van der Waals surface area contributed by atoms with Gasteiger partial charge in [0.05, 0.1) is 0 Å². The average molecular weight is 175 g/mol. The van der Waals surface area contributed by atoms with Crippen molar-refractivity contribution in [3.05, 3.63) is 0 Å². The van der Waals surface area contributed by atoms with Crippen molar-refractivity contribution in [3.63, 3.8) is 0 Å². The first-order valence-electron chi connectivity index (χ1n) is 0.894. The Labute approximate surface area is 100 Å². The van der Waals surface area contributed by atoms with Gasteiger partial charge in [-0.3, -0.25) is 0 Å². The van der Waals surface area contributed by atoms with E-state index in [1.807, 2.05) is 0 Å². The Morgan fingerprint density at radius 2 is 0.778 bits per heavy atom. The van der Waals surface area contributed by atoms with Gasteiger partial charge in [0.1, 0.15) is 0 Å². The third kappa shape index (κ3) is 134. The first kappa shape index (κ1) is 30.2. The predicted molar refractivity (Wildman–Crippen MR) is 44.7 cm³/mol. The second-order valence-electron chi connectivity index (χ2n) is 0.600. The van der Waals surface area contributed by atoms with Gasteiger partial charge in [-0.25, -0.2) is 0 Å². The van der Waals surface area contributed by atoms with Crippen LogP contribution in [0.3, 0.4) is 0 Å². The maximum Gasteiger partial charge on any atom is 0.316 e. The van der Waals surface area contributed by atoms with Crippen LogP contribution in [-0.2, 0) is 0 Å². The molecule has 0 amide bonds. The molecule has 0 atom stereocenters. The Hall–Kier alpha value is 2.31. The Morgan fingerprint density at radius 1 is 0.778 bits per heavy atom. The molecule has 0 aliphatic rings. The summed E-state index contributed by atoms with van der Waals surface area (Å²) in [6.45, 7) is 0. The van der Waals surface area contributed by atoms with Crippen LogP contribution in [0, 0.1) is 0 Å². The SMILES string of the molecule is Cl.O[Si](O)(O)O.[LiH].[LiH].[MgH2]. The summed E-state index contributed by atoms with van der Waals surface area (Å²) in [5.74, 6) is 0. The molecule has 9 heteroatoms. The van der Waals surface area contributed by atoms with E-state index in [-0.39, 0.29) is 73.2 Å². The van der Waals surface area contributed by atoms with Crippen LogP contribution in [0.4, 0.5) is 0 Å². The molecule has 0 rings (SSSR count). The van der Waals surface area contributed by atoms with E-state index in [2.05, 4.69) is 0 Å². The molecule has 9 heavy (non-hydrogen) atoms. The maximum atomic E-state index is 7.33. The zero-order chi connectivity index (χ0) is 4.50. The van der Waals surface area contributed by atoms with Crippen molar-refractivity contribution in [2.75, 3.05) is 0 Å². The van der Waals surface area contributed by atoms with E-state index in [4.69, 9.17) is 19.2 Å². The van der Waals surface area contributed by atoms with Crippen LogP contribution in [0.2, 0.25) is 0 Å². The molecule has 0 aromatic carbocycles. The molecular weight excluding hydrogens is 166 g/mol. The monoisotopic (exact) mass is 174 g/mol. The summed E-state index contributed by atoms with van der Waals surface area (Å²) in [5.41, 5.74) is 0. The van der Waals surface area contributed by atoms with E-state index in [9.17, 15) is 0 Å². The summed E-state index contributed by atoms with van der Waals surface area (Å²) in [6.07, 6.45) is 0. The van der Waals surface area contributed by atoms with Gasteiger partial charge in [-0.05, 0) is 0 Å². The summed E-state index contributed by atoms with van der Waals surface area (Å²) < 4.78 is 0. The normalized spacial score (nSPS) is 6.67. The minimum atomic E-state index is -4.61. The van der Waals surface area contributed by atoms with Gasteiger partial charge in [0, 0.05) is 0 Å². The van der Waals surface area contributed by atoms with E-state index in [0.29, 0.717) is 0 Å². The molecule has 0 aromatic rings.